The molecule has 3 aromatic rings. The van der Waals surface area contributed by atoms with Crippen LogP contribution >= 0.6 is 0 Å². The highest BCUT2D eigenvalue weighted by Gasteiger charge is 2.07. The van der Waals surface area contributed by atoms with Gasteiger partial charge in [0.2, 0.25) is 5.95 Å². The molecule has 0 aliphatic heterocycles. The molecule has 23 heavy (non-hydrogen) atoms. The topological polar surface area (TPSA) is 41.1 Å². The second-order valence-electron chi connectivity index (χ2n) is 5.58. The monoisotopic (exact) mass is 304 g/mol. The molecule has 0 aliphatic carbocycles. The van der Waals surface area contributed by atoms with Crippen molar-refractivity contribution in [2.75, 3.05) is 17.3 Å². The number of benzene rings is 2. The van der Waals surface area contributed by atoms with Crippen LogP contribution in [-0.2, 0) is 0 Å². The lowest BCUT2D eigenvalue weighted by atomic mass is 10.1. The van der Waals surface area contributed by atoms with E-state index in [0.717, 1.165) is 17.2 Å². The van der Waals surface area contributed by atoms with Crippen molar-refractivity contribution < 1.29 is 0 Å². The number of rotatable bonds is 4. The van der Waals surface area contributed by atoms with E-state index in [9.17, 15) is 0 Å². The smallest absolute Gasteiger partial charge is 0.229 e. The number of anilines is 4. The van der Waals surface area contributed by atoms with E-state index in [1.807, 2.05) is 36.2 Å². The number of para-hydroxylation sites is 1. The molecule has 0 bridgehead atoms. The van der Waals surface area contributed by atoms with Gasteiger partial charge >= 0.3 is 0 Å². The molecule has 0 aliphatic rings. The maximum atomic E-state index is 4.62. The third-order valence-electron chi connectivity index (χ3n) is 3.77. The summed E-state index contributed by atoms with van der Waals surface area (Å²) >= 11 is 0. The fourth-order valence-corrected chi connectivity index (χ4v) is 2.37. The Balaban J connectivity index is 1.87. The molecule has 0 unspecified atom stereocenters. The molecule has 0 amide bonds. The van der Waals surface area contributed by atoms with Crippen molar-refractivity contribution in [3.8, 4) is 0 Å². The maximum absolute atomic E-state index is 4.62. The molecule has 1 aromatic heterocycles. The van der Waals surface area contributed by atoms with Gasteiger partial charge in [0, 0.05) is 24.6 Å². The Kier molecular flexibility index (Phi) is 4.24. The Labute approximate surface area is 136 Å². The van der Waals surface area contributed by atoms with E-state index in [4.69, 9.17) is 0 Å². The SMILES string of the molecule is Cc1ccc(C)c(Nc2nccc(N(C)c3ccccc3)n2)c1. The Morgan fingerprint density at radius 3 is 2.52 bits per heavy atom. The first-order valence-corrected chi connectivity index (χ1v) is 7.59. The van der Waals surface area contributed by atoms with E-state index in [-0.39, 0.29) is 0 Å². The zero-order chi connectivity index (χ0) is 16.2. The number of nitrogens with one attached hydrogen (secondary N) is 1. The van der Waals surface area contributed by atoms with Crippen LogP contribution in [-0.4, -0.2) is 17.0 Å². The van der Waals surface area contributed by atoms with Crippen molar-refractivity contribution in [1.29, 1.82) is 0 Å². The van der Waals surface area contributed by atoms with Gasteiger partial charge in [-0.2, -0.15) is 4.98 Å². The van der Waals surface area contributed by atoms with Crippen molar-refractivity contribution in [2.24, 2.45) is 0 Å². The molecule has 3 rings (SSSR count). The lowest BCUT2D eigenvalue weighted by Crippen LogP contribution is -2.12. The predicted molar refractivity (Wildman–Crippen MR) is 95.7 cm³/mol. The van der Waals surface area contributed by atoms with E-state index in [1.165, 1.54) is 11.1 Å². The average Bonchev–Trinajstić information content (AvgIpc) is 2.58. The summed E-state index contributed by atoms with van der Waals surface area (Å²) in [7, 11) is 2.00. The molecular formula is C19H20N4. The molecule has 0 saturated heterocycles. The van der Waals surface area contributed by atoms with Gasteiger partial charge in [0.25, 0.3) is 0 Å². The molecule has 1 heterocycles. The first-order chi connectivity index (χ1) is 11.1. The summed E-state index contributed by atoms with van der Waals surface area (Å²) in [6.07, 6.45) is 1.77. The van der Waals surface area contributed by atoms with Crippen LogP contribution in [0, 0.1) is 13.8 Å². The molecule has 1 N–H and O–H groups in total. The van der Waals surface area contributed by atoms with Gasteiger partial charge in [-0.05, 0) is 49.2 Å². The number of nitrogens with zero attached hydrogens (tertiary/aromatic N) is 3. The van der Waals surface area contributed by atoms with Crippen LogP contribution in [0.25, 0.3) is 0 Å². The first-order valence-electron chi connectivity index (χ1n) is 7.59. The van der Waals surface area contributed by atoms with Crippen LogP contribution in [0.15, 0.2) is 60.8 Å². The third kappa shape index (κ3) is 3.48. The molecule has 4 heteroatoms. The Bertz CT molecular complexity index is 799. The Hall–Kier alpha value is -2.88. The standard InChI is InChI=1S/C19H20N4/c1-14-9-10-15(2)17(13-14)21-19-20-12-11-18(22-19)23(3)16-7-5-4-6-8-16/h4-13H,1-3H3,(H,20,21,22). The average molecular weight is 304 g/mol. The summed E-state index contributed by atoms with van der Waals surface area (Å²) in [6.45, 7) is 4.15. The van der Waals surface area contributed by atoms with Crippen molar-refractivity contribution in [2.45, 2.75) is 13.8 Å². The zero-order valence-corrected chi connectivity index (χ0v) is 13.6. The van der Waals surface area contributed by atoms with Gasteiger partial charge < -0.3 is 10.2 Å². The van der Waals surface area contributed by atoms with Gasteiger partial charge in [0.05, 0.1) is 0 Å². The Morgan fingerprint density at radius 2 is 1.74 bits per heavy atom. The number of aryl methyl sites for hydroxylation is 2. The highest BCUT2D eigenvalue weighted by atomic mass is 15.2. The van der Waals surface area contributed by atoms with E-state index < -0.39 is 0 Å². The zero-order valence-electron chi connectivity index (χ0n) is 13.6. The van der Waals surface area contributed by atoms with Gasteiger partial charge in [0.1, 0.15) is 5.82 Å². The molecule has 0 radical (unpaired) electrons. The second-order valence-corrected chi connectivity index (χ2v) is 5.58. The van der Waals surface area contributed by atoms with E-state index in [2.05, 4.69) is 59.5 Å². The van der Waals surface area contributed by atoms with Crippen molar-refractivity contribution >= 4 is 23.1 Å². The minimum absolute atomic E-state index is 0.596. The maximum Gasteiger partial charge on any atom is 0.229 e. The molecule has 0 spiro atoms. The van der Waals surface area contributed by atoms with Gasteiger partial charge in [-0.3, -0.25) is 0 Å². The molecule has 4 nitrogen and oxygen atoms in total. The summed E-state index contributed by atoms with van der Waals surface area (Å²) in [5, 5.41) is 3.31. The Morgan fingerprint density at radius 1 is 0.957 bits per heavy atom. The summed E-state index contributed by atoms with van der Waals surface area (Å²) < 4.78 is 0. The predicted octanol–water partition coefficient (Wildman–Crippen LogP) is 4.60. The normalized spacial score (nSPS) is 10.4. The summed E-state index contributed by atoms with van der Waals surface area (Å²) in [5.41, 5.74) is 4.49. The van der Waals surface area contributed by atoms with E-state index in [1.54, 1.807) is 6.20 Å². The molecule has 116 valence electrons. The summed E-state index contributed by atoms with van der Waals surface area (Å²) in [4.78, 5) is 11.0. The quantitative estimate of drug-likeness (QED) is 0.764. The number of hydrogen-bond acceptors (Lipinski definition) is 4. The molecule has 0 atom stereocenters. The van der Waals surface area contributed by atoms with Crippen LogP contribution in [0.3, 0.4) is 0 Å². The van der Waals surface area contributed by atoms with Crippen molar-refractivity contribution in [1.82, 2.24) is 9.97 Å². The molecule has 2 aromatic carbocycles. The second kappa shape index (κ2) is 6.48. The highest BCUT2D eigenvalue weighted by molar-refractivity contribution is 5.63. The lowest BCUT2D eigenvalue weighted by Gasteiger charge is -2.19. The molecule has 0 saturated carbocycles. The highest BCUT2D eigenvalue weighted by Crippen LogP contribution is 2.24. The summed E-state index contributed by atoms with van der Waals surface area (Å²) in [5.74, 6) is 1.44. The van der Waals surface area contributed by atoms with E-state index >= 15 is 0 Å². The van der Waals surface area contributed by atoms with Gasteiger partial charge in [-0.1, -0.05) is 30.3 Å². The minimum atomic E-state index is 0.596. The van der Waals surface area contributed by atoms with Crippen molar-refractivity contribution in [3.05, 3.63) is 71.9 Å². The fourth-order valence-electron chi connectivity index (χ4n) is 2.37. The van der Waals surface area contributed by atoms with Crippen LogP contribution in [0.4, 0.5) is 23.1 Å². The van der Waals surface area contributed by atoms with Crippen LogP contribution in [0.2, 0.25) is 0 Å². The largest absolute Gasteiger partial charge is 0.329 e. The summed E-state index contributed by atoms with van der Waals surface area (Å²) in [6, 6.07) is 18.3. The fraction of sp³-hybridized carbons (Fsp3) is 0.158. The number of aromatic nitrogens is 2. The van der Waals surface area contributed by atoms with Crippen LogP contribution in [0.5, 0.6) is 0 Å². The molecular weight excluding hydrogens is 284 g/mol. The van der Waals surface area contributed by atoms with Gasteiger partial charge in [-0.25, -0.2) is 4.98 Å². The minimum Gasteiger partial charge on any atom is -0.329 e. The third-order valence-corrected chi connectivity index (χ3v) is 3.77. The number of hydrogen-bond donors (Lipinski definition) is 1. The lowest BCUT2D eigenvalue weighted by molar-refractivity contribution is 1.08. The molecule has 0 fully saturated rings. The van der Waals surface area contributed by atoms with Gasteiger partial charge in [-0.15, -0.1) is 0 Å². The van der Waals surface area contributed by atoms with E-state index in [0.29, 0.717) is 5.95 Å². The van der Waals surface area contributed by atoms with Gasteiger partial charge in [0.15, 0.2) is 0 Å². The van der Waals surface area contributed by atoms with Crippen LogP contribution < -0.4 is 10.2 Å². The first kappa shape index (κ1) is 15.0. The van der Waals surface area contributed by atoms with Crippen molar-refractivity contribution in [3.63, 3.8) is 0 Å². The van der Waals surface area contributed by atoms with Crippen LogP contribution in [0.1, 0.15) is 11.1 Å².